The van der Waals surface area contributed by atoms with Gasteiger partial charge in [0.25, 0.3) is 0 Å². The third-order valence-electron chi connectivity index (χ3n) is 3.50. The van der Waals surface area contributed by atoms with Crippen LogP contribution in [-0.4, -0.2) is 36.8 Å². The van der Waals surface area contributed by atoms with Gasteiger partial charge < -0.3 is 14.7 Å². The van der Waals surface area contributed by atoms with Gasteiger partial charge >= 0.3 is 0 Å². The van der Waals surface area contributed by atoms with Gasteiger partial charge in [-0.1, -0.05) is 12.1 Å². The number of ether oxygens (including phenoxy) is 1. The smallest absolute Gasteiger partial charge is 0.119 e. The molecular formula is C13H19NO2. The molecule has 1 fully saturated rings. The highest BCUT2D eigenvalue weighted by molar-refractivity contribution is 5.33. The van der Waals surface area contributed by atoms with Crippen LogP contribution in [0, 0.1) is 0 Å². The molecule has 1 heterocycles. The summed E-state index contributed by atoms with van der Waals surface area (Å²) in [4.78, 5) is 2.18. The topological polar surface area (TPSA) is 32.7 Å². The average Bonchev–Trinajstić information content (AvgIpc) is 2.54. The number of nitrogens with zero attached hydrogens (tertiary/aromatic N) is 1. The van der Waals surface area contributed by atoms with E-state index in [1.165, 1.54) is 0 Å². The van der Waals surface area contributed by atoms with E-state index >= 15 is 0 Å². The maximum atomic E-state index is 10.6. The number of benzene rings is 1. The molecule has 2 unspecified atom stereocenters. The molecule has 0 bridgehead atoms. The van der Waals surface area contributed by atoms with E-state index in [2.05, 4.69) is 11.8 Å². The lowest BCUT2D eigenvalue weighted by atomic mass is 9.91. The molecular weight excluding hydrogens is 202 g/mol. The third kappa shape index (κ3) is 1.93. The van der Waals surface area contributed by atoms with Crippen molar-refractivity contribution in [2.45, 2.75) is 25.0 Å². The van der Waals surface area contributed by atoms with E-state index in [1.807, 2.05) is 31.3 Å². The molecule has 0 saturated carbocycles. The summed E-state index contributed by atoms with van der Waals surface area (Å²) in [7, 11) is 3.69. The lowest BCUT2D eigenvalue weighted by Gasteiger charge is -2.23. The summed E-state index contributed by atoms with van der Waals surface area (Å²) in [6.07, 6.45) is 0.774. The SMILES string of the molecule is COc1cccc(C2(O)CC(C)N(C)C2)c1. The zero-order valence-corrected chi connectivity index (χ0v) is 10.1. The van der Waals surface area contributed by atoms with E-state index in [4.69, 9.17) is 4.74 Å². The first-order chi connectivity index (χ1) is 7.55. The summed E-state index contributed by atoms with van der Waals surface area (Å²) < 4.78 is 5.19. The second-order valence-electron chi connectivity index (χ2n) is 4.73. The van der Waals surface area contributed by atoms with Crippen molar-refractivity contribution in [2.24, 2.45) is 0 Å². The summed E-state index contributed by atoms with van der Waals surface area (Å²) in [6.45, 7) is 2.82. The van der Waals surface area contributed by atoms with Gasteiger partial charge in [-0.3, -0.25) is 0 Å². The van der Waals surface area contributed by atoms with Gasteiger partial charge in [-0.15, -0.1) is 0 Å². The predicted molar refractivity (Wildman–Crippen MR) is 63.6 cm³/mol. The Morgan fingerprint density at radius 1 is 1.50 bits per heavy atom. The molecule has 1 aromatic rings. The number of methoxy groups -OCH3 is 1. The zero-order valence-electron chi connectivity index (χ0n) is 10.1. The molecule has 2 rings (SSSR count). The fraction of sp³-hybridized carbons (Fsp3) is 0.538. The highest BCUT2D eigenvalue weighted by Gasteiger charge is 2.40. The van der Waals surface area contributed by atoms with Gasteiger partial charge in [0.2, 0.25) is 0 Å². The normalized spacial score (nSPS) is 30.6. The molecule has 1 aromatic carbocycles. The highest BCUT2D eigenvalue weighted by Crippen LogP contribution is 2.35. The Kier molecular flexibility index (Phi) is 2.91. The molecule has 16 heavy (non-hydrogen) atoms. The van der Waals surface area contributed by atoms with Crippen LogP contribution >= 0.6 is 0 Å². The molecule has 0 aromatic heterocycles. The van der Waals surface area contributed by atoms with Crippen LogP contribution in [0.4, 0.5) is 0 Å². The van der Waals surface area contributed by atoms with E-state index in [-0.39, 0.29) is 0 Å². The molecule has 1 aliphatic heterocycles. The summed E-state index contributed by atoms with van der Waals surface area (Å²) in [5.74, 6) is 0.799. The fourth-order valence-corrected chi connectivity index (χ4v) is 2.40. The number of β-amino-alcohol motifs (C(OH)–C–C–N with tert-alkyl or cyclic N) is 1. The van der Waals surface area contributed by atoms with Crippen molar-refractivity contribution >= 4 is 0 Å². The second kappa shape index (κ2) is 4.07. The van der Waals surface area contributed by atoms with Crippen LogP contribution in [0.25, 0.3) is 0 Å². The van der Waals surface area contributed by atoms with Gasteiger partial charge in [0.05, 0.1) is 7.11 Å². The van der Waals surface area contributed by atoms with Gasteiger partial charge in [-0.2, -0.15) is 0 Å². The third-order valence-corrected chi connectivity index (χ3v) is 3.50. The summed E-state index contributed by atoms with van der Waals surface area (Å²) in [6, 6.07) is 8.13. The molecule has 3 heteroatoms. The summed E-state index contributed by atoms with van der Waals surface area (Å²) >= 11 is 0. The van der Waals surface area contributed by atoms with Crippen LogP contribution in [0.5, 0.6) is 5.75 Å². The second-order valence-corrected chi connectivity index (χ2v) is 4.73. The minimum atomic E-state index is -0.733. The molecule has 0 radical (unpaired) electrons. The lowest BCUT2D eigenvalue weighted by Crippen LogP contribution is -2.29. The first-order valence-electron chi connectivity index (χ1n) is 5.62. The molecule has 0 amide bonds. The summed E-state index contributed by atoms with van der Waals surface area (Å²) in [5.41, 5.74) is 0.214. The zero-order chi connectivity index (χ0) is 11.8. The van der Waals surface area contributed by atoms with Gasteiger partial charge in [-0.25, -0.2) is 0 Å². The van der Waals surface area contributed by atoms with Crippen molar-refractivity contribution in [2.75, 3.05) is 20.7 Å². The Morgan fingerprint density at radius 3 is 2.81 bits per heavy atom. The Hall–Kier alpha value is -1.06. The maximum Gasteiger partial charge on any atom is 0.119 e. The first-order valence-corrected chi connectivity index (χ1v) is 5.62. The van der Waals surface area contributed by atoms with E-state index in [9.17, 15) is 5.11 Å². The first kappa shape index (κ1) is 11.4. The average molecular weight is 221 g/mol. The highest BCUT2D eigenvalue weighted by atomic mass is 16.5. The minimum Gasteiger partial charge on any atom is -0.497 e. The van der Waals surface area contributed by atoms with Gasteiger partial charge in [0, 0.05) is 12.6 Å². The quantitative estimate of drug-likeness (QED) is 0.823. The molecule has 0 spiro atoms. The standard InChI is InChI=1S/C13H19NO2/c1-10-8-13(15,9-14(10)2)11-5-4-6-12(7-11)16-3/h4-7,10,15H,8-9H2,1-3H3. The van der Waals surface area contributed by atoms with E-state index < -0.39 is 5.60 Å². The number of hydrogen-bond acceptors (Lipinski definition) is 3. The Balaban J connectivity index is 2.29. The van der Waals surface area contributed by atoms with Crippen molar-refractivity contribution in [3.8, 4) is 5.75 Å². The van der Waals surface area contributed by atoms with Crippen LogP contribution in [0.3, 0.4) is 0 Å². The lowest BCUT2D eigenvalue weighted by molar-refractivity contribution is 0.0483. The van der Waals surface area contributed by atoms with Crippen molar-refractivity contribution in [3.05, 3.63) is 29.8 Å². The Labute approximate surface area is 96.6 Å². The van der Waals surface area contributed by atoms with Crippen LogP contribution < -0.4 is 4.74 Å². The van der Waals surface area contributed by atoms with Gasteiger partial charge in [0.15, 0.2) is 0 Å². The van der Waals surface area contributed by atoms with E-state index in [0.29, 0.717) is 12.6 Å². The van der Waals surface area contributed by atoms with Crippen molar-refractivity contribution in [1.82, 2.24) is 4.90 Å². The van der Waals surface area contributed by atoms with E-state index in [1.54, 1.807) is 7.11 Å². The van der Waals surface area contributed by atoms with Crippen molar-refractivity contribution in [1.29, 1.82) is 0 Å². The monoisotopic (exact) mass is 221 g/mol. The predicted octanol–water partition coefficient (Wildman–Crippen LogP) is 1.61. The summed E-state index contributed by atoms with van der Waals surface area (Å²) in [5, 5.41) is 10.6. The molecule has 88 valence electrons. The number of hydrogen-bond donors (Lipinski definition) is 1. The van der Waals surface area contributed by atoms with Crippen molar-refractivity contribution in [3.63, 3.8) is 0 Å². The molecule has 3 nitrogen and oxygen atoms in total. The Bertz CT molecular complexity index is 368. The minimum absolute atomic E-state index is 0.413. The van der Waals surface area contributed by atoms with Crippen LogP contribution in [-0.2, 0) is 5.60 Å². The largest absolute Gasteiger partial charge is 0.497 e. The molecule has 0 aliphatic carbocycles. The van der Waals surface area contributed by atoms with Crippen LogP contribution in [0.1, 0.15) is 18.9 Å². The molecule has 1 N–H and O–H groups in total. The fourth-order valence-electron chi connectivity index (χ4n) is 2.40. The number of likely N-dealkylation sites (N-methyl/N-ethyl adjacent to an activating group) is 1. The number of rotatable bonds is 2. The van der Waals surface area contributed by atoms with Crippen LogP contribution in [0.2, 0.25) is 0 Å². The molecule has 2 atom stereocenters. The Morgan fingerprint density at radius 2 is 2.25 bits per heavy atom. The molecule has 1 saturated heterocycles. The van der Waals surface area contributed by atoms with E-state index in [0.717, 1.165) is 17.7 Å². The maximum absolute atomic E-state index is 10.6. The van der Waals surface area contributed by atoms with Crippen LogP contribution in [0.15, 0.2) is 24.3 Å². The van der Waals surface area contributed by atoms with Crippen molar-refractivity contribution < 1.29 is 9.84 Å². The number of aliphatic hydroxyl groups is 1. The van der Waals surface area contributed by atoms with Gasteiger partial charge in [0.1, 0.15) is 11.4 Å². The molecule has 1 aliphatic rings. The number of likely N-dealkylation sites (tertiary alicyclic amines) is 1. The van der Waals surface area contributed by atoms with Gasteiger partial charge in [-0.05, 0) is 38.1 Å².